The Labute approximate surface area is 108 Å². The van der Waals surface area contributed by atoms with Gasteiger partial charge in [0.15, 0.2) is 0 Å². The first-order valence-corrected chi connectivity index (χ1v) is 7.53. The van der Waals surface area contributed by atoms with Crippen molar-refractivity contribution in [1.29, 1.82) is 0 Å². The van der Waals surface area contributed by atoms with Gasteiger partial charge in [0.1, 0.15) is 0 Å². The lowest BCUT2D eigenvalue weighted by Gasteiger charge is -2.26. The SMILES string of the molecule is Cc1ccc(CNS(=O)(=O)N2CCNCC2)cc1. The maximum Gasteiger partial charge on any atom is 0.279 e. The minimum Gasteiger partial charge on any atom is -0.314 e. The highest BCUT2D eigenvalue weighted by atomic mass is 32.2. The van der Waals surface area contributed by atoms with E-state index in [1.807, 2.05) is 31.2 Å². The van der Waals surface area contributed by atoms with E-state index in [2.05, 4.69) is 10.0 Å². The molecule has 1 fully saturated rings. The molecule has 2 rings (SSSR count). The number of benzene rings is 1. The molecule has 2 N–H and O–H groups in total. The van der Waals surface area contributed by atoms with E-state index in [4.69, 9.17) is 0 Å². The van der Waals surface area contributed by atoms with E-state index in [1.165, 1.54) is 9.87 Å². The van der Waals surface area contributed by atoms with Gasteiger partial charge in [0.05, 0.1) is 0 Å². The van der Waals surface area contributed by atoms with Gasteiger partial charge in [-0.15, -0.1) is 0 Å². The number of piperazine rings is 1. The second kappa shape index (κ2) is 5.79. The monoisotopic (exact) mass is 269 g/mol. The molecule has 18 heavy (non-hydrogen) atoms. The minimum absolute atomic E-state index is 0.340. The summed E-state index contributed by atoms with van der Waals surface area (Å²) in [7, 11) is -3.35. The third-order valence-corrected chi connectivity index (χ3v) is 4.55. The topological polar surface area (TPSA) is 61.4 Å². The fourth-order valence-electron chi connectivity index (χ4n) is 1.86. The third-order valence-electron chi connectivity index (χ3n) is 3.00. The molecule has 1 aromatic carbocycles. The van der Waals surface area contributed by atoms with Gasteiger partial charge >= 0.3 is 0 Å². The van der Waals surface area contributed by atoms with Gasteiger partial charge in [-0.1, -0.05) is 29.8 Å². The summed E-state index contributed by atoms with van der Waals surface area (Å²) in [6.07, 6.45) is 0. The van der Waals surface area contributed by atoms with Gasteiger partial charge in [-0.3, -0.25) is 0 Å². The summed E-state index contributed by atoms with van der Waals surface area (Å²) in [5.74, 6) is 0. The quantitative estimate of drug-likeness (QED) is 0.823. The van der Waals surface area contributed by atoms with Gasteiger partial charge in [-0.2, -0.15) is 17.4 Å². The van der Waals surface area contributed by atoms with Crippen LogP contribution in [0.3, 0.4) is 0 Å². The number of hydrogen-bond acceptors (Lipinski definition) is 3. The number of nitrogens with one attached hydrogen (secondary N) is 2. The summed E-state index contributed by atoms with van der Waals surface area (Å²) in [5, 5.41) is 3.13. The molecule has 1 aliphatic heterocycles. The molecule has 100 valence electrons. The molecule has 0 unspecified atom stereocenters. The van der Waals surface area contributed by atoms with Crippen molar-refractivity contribution in [3.63, 3.8) is 0 Å². The third kappa shape index (κ3) is 3.52. The molecule has 0 spiro atoms. The zero-order chi connectivity index (χ0) is 13.0. The predicted molar refractivity (Wildman–Crippen MR) is 71.4 cm³/mol. The first-order valence-electron chi connectivity index (χ1n) is 6.09. The number of hydrogen-bond donors (Lipinski definition) is 2. The van der Waals surface area contributed by atoms with Gasteiger partial charge in [0, 0.05) is 32.7 Å². The lowest BCUT2D eigenvalue weighted by Crippen LogP contribution is -2.50. The van der Waals surface area contributed by atoms with Gasteiger partial charge in [-0.05, 0) is 12.5 Å². The Kier molecular flexibility index (Phi) is 4.34. The summed E-state index contributed by atoms with van der Waals surface area (Å²) in [6.45, 7) is 4.84. The molecular formula is C12H19N3O2S. The second-order valence-corrected chi connectivity index (χ2v) is 6.22. The van der Waals surface area contributed by atoms with Crippen LogP contribution in [0.2, 0.25) is 0 Å². The molecule has 0 atom stereocenters. The zero-order valence-corrected chi connectivity index (χ0v) is 11.3. The van der Waals surface area contributed by atoms with E-state index < -0.39 is 10.2 Å². The van der Waals surface area contributed by atoms with Gasteiger partial charge < -0.3 is 5.32 Å². The van der Waals surface area contributed by atoms with Crippen molar-refractivity contribution < 1.29 is 8.42 Å². The molecular weight excluding hydrogens is 250 g/mol. The van der Waals surface area contributed by atoms with E-state index in [0.29, 0.717) is 32.7 Å². The average Bonchev–Trinajstić information content (AvgIpc) is 2.39. The Balaban J connectivity index is 1.94. The molecule has 0 aromatic heterocycles. The molecule has 0 saturated carbocycles. The van der Waals surface area contributed by atoms with Crippen LogP contribution in [0.4, 0.5) is 0 Å². The normalized spacial score (nSPS) is 17.8. The molecule has 1 aliphatic rings. The first-order chi connectivity index (χ1) is 8.58. The van der Waals surface area contributed by atoms with Crippen LogP contribution in [0.1, 0.15) is 11.1 Å². The van der Waals surface area contributed by atoms with Crippen molar-refractivity contribution in [3.05, 3.63) is 35.4 Å². The van der Waals surface area contributed by atoms with Crippen LogP contribution in [-0.2, 0) is 16.8 Å². The number of aryl methyl sites for hydroxylation is 1. The number of nitrogens with zero attached hydrogens (tertiary/aromatic N) is 1. The van der Waals surface area contributed by atoms with Crippen LogP contribution in [0, 0.1) is 6.92 Å². The van der Waals surface area contributed by atoms with E-state index in [0.717, 1.165) is 5.56 Å². The molecule has 1 heterocycles. The molecule has 1 aromatic rings. The van der Waals surface area contributed by atoms with Crippen LogP contribution >= 0.6 is 0 Å². The van der Waals surface area contributed by atoms with Gasteiger partial charge in [0.25, 0.3) is 10.2 Å². The largest absolute Gasteiger partial charge is 0.314 e. The maximum atomic E-state index is 12.0. The fourth-order valence-corrected chi connectivity index (χ4v) is 3.05. The highest BCUT2D eigenvalue weighted by molar-refractivity contribution is 7.87. The van der Waals surface area contributed by atoms with Crippen molar-refractivity contribution in [2.45, 2.75) is 13.5 Å². The van der Waals surface area contributed by atoms with Crippen LogP contribution < -0.4 is 10.0 Å². The average molecular weight is 269 g/mol. The van der Waals surface area contributed by atoms with E-state index in [1.54, 1.807) is 0 Å². The molecule has 1 saturated heterocycles. The van der Waals surface area contributed by atoms with Crippen LogP contribution in [-0.4, -0.2) is 38.9 Å². The predicted octanol–water partition coefficient (Wildman–Crippen LogP) is 0.235. The van der Waals surface area contributed by atoms with E-state index in [-0.39, 0.29) is 0 Å². The smallest absolute Gasteiger partial charge is 0.279 e. The number of rotatable bonds is 4. The van der Waals surface area contributed by atoms with Gasteiger partial charge in [-0.25, -0.2) is 0 Å². The Hall–Kier alpha value is -0.950. The van der Waals surface area contributed by atoms with Crippen molar-refractivity contribution in [1.82, 2.24) is 14.3 Å². The zero-order valence-electron chi connectivity index (χ0n) is 10.5. The standard InChI is InChI=1S/C12H19N3O2S/c1-11-2-4-12(5-3-11)10-14-18(16,17)15-8-6-13-7-9-15/h2-5,13-14H,6-10H2,1H3. The first kappa shape index (κ1) is 13.5. The lowest BCUT2D eigenvalue weighted by atomic mass is 10.2. The summed E-state index contributed by atoms with van der Waals surface area (Å²) in [5.41, 5.74) is 2.14. The second-order valence-electron chi connectivity index (χ2n) is 4.46. The Morgan fingerprint density at radius 1 is 1.22 bits per heavy atom. The summed E-state index contributed by atoms with van der Waals surface area (Å²) < 4.78 is 28.1. The summed E-state index contributed by atoms with van der Waals surface area (Å²) in [4.78, 5) is 0. The van der Waals surface area contributed by atoms with E-state index in [9.17, 15) is 8.42 Å². The van der Waals surface area contributed by atoms with Crippen LogP contribution in [0.5, 0.6) is 0 Å². The summed E-state index contributed by atoms with van der Waals surface area (Å²) >= 11 is 0. The van der Waals surface area contributed by atoms with Crippen LogP contribution in [0.25, 0.3) is 0 Å². The maximum absolute atomic E-state index is 12.0. The van der Waals surface area contributed by atoms with Crippen molar-refractivity contribution in [3.8, 4) is 0 Å². The molecule has 0 amide bonds. The van der Waals surface area contributed by atoms with Crippen molar-refractivity contribution in [2.24, 2.45) is 0 Å². The highest BCUT2D eigenvalue weighted by Crippen LogP contribution is 2.05. The van der Waals surface area contributed by atoms with Crippen LogP contribution in [0.15, 0.2) is 24.3 Å². The molecule has 0 radical (unpaired) electrons. The van der Waals surface area contributed by atoms with Crippen molar-refractivity contribution >= 4 is 10.2 Å². The van der Waals surface area contributed by atoms with E-state index >= 15 is 0 Å². The van der Waals surface area contributed by atoms with Crippen molar-refractivity contribution in [2.75, 3.05) is 26.2 Å². The Morgan fingerprint density at radius 3 is 2.44 bits per heavy atom. The molecule has 6 heteroatoms. The molecule has 5 nitrogen and oxygen atoms in total. The molecule has 0 bridgehead atoms. The van der Waals surface area contributed by atoms with Gasteiger partial charge in [0.2, 0.25) is 0 Å². The Bertz CT molecular complexity index is 479. The highest BCUT2D eigenvalue weighted by Gasteiger charge is 2.22. The fraction of sp³-hybridized carbons (Fsp3) is 0.500. The lowest BCUT2D eigenvalue weighted by molar-refractivity contribution is 0.354. The Morgan fingerprint density at radius 2 is 1.83 bits per heavy atom. The minimum atomic E-state index is -3.35. The summed E-state index contributed by atoms with van der Waals surface area (Å²) in [6, 6.07) is 7.84. The molecule has 0 aliphatic carbocycles.